The summed E-state index contributed by atoms with van der Waals surface area (Å²) in [5.74, 6) is 0.502. The number of carbonyl (C=O) groups excluding carboxylic acids is 1. The predicted molar refractivity (Wildman–Crippen MR) is 66.2 cm³/mol. The third-order valence-corrected chi connectivity index (χ3v) is 2.95. The summed E-state index contributed by atoms with van der Waals surface area (Å²) in [6.45, 7) is 4.85. The van der Waals surface area contributed by atoms with Crippen LogP contribution in [-0.2, 0) is 9.53 Å². The maximum atomic E-state index is 11.4. The third kappa shape index (κ3) is 6.65. The van der Waals surface area contributed by atoms with Crippen LogP contribution >= 0.6 is 0 Å². The van der Waals surface area contributed by atoms with Crippen LogP contribution in [0.5, 0.6) is 0 Å². The molecule has 1 aliphatic rings. The van der Waals surface area contributed by atoms with Gasteiger partial charge in [-0.25, -0.2) is 4.79 Å². The van der Waals surface area contributed by atoms with Gasteiger partial charge < -0.3 is 4.74 Å². The van der Waals surface area contributed by atoms with E-state index in [1.807, 2.05) is 6.92 Å². The minimum atomic E-state index is -0.153. The van der Waals surface area contributed by atoms with Crippen molar-refractivity contribution in [2.75, 3.05) is 6.61 Å². The fourth-order valence-electron chi connectivity index (χ4n) is 1.63. The molecule has 1 fully saturated rings. The molecule has 2 heteroatoms. The summed E-state index contributed by atoms with van der Waals surface area (Å²) in [5, 5.41) is 0. The number of allylic oxidation sites excluding steroid dienone is 1. The van der Waals surface area contributed by atoms with Crippen LogP contribution in [-0.4, -0.2) is 12.6 Å². The van der Waals surface area contributed by atoms with E-state index in [1.165, 1.54) is 38.5 Å². The van der Waals surface area contributed by atoms with Gasteiger partial charge in [-0.15, -0.1) is 0 Å². The largest absolute Gasteiger partial charge is 0.462 e. The van der Waals surface area contributed by atoms with Crippen molar-refractivity contribution < 1.29 is 9.53 Å². The van der Waals surface area contributed by atoms with Gasteiger partial charge in [-0.2, -0.15) is 0 Å². The first kappa shape index (κ1) is 13.3. The smallest absolute Gasteiger partial charge is 0.330 e. The summed E-state index contributed by atoms with van der Waals surface area (Å²) in [4.78, 5) is 11.4. The molecule has 0 unspecified atom stereocenters. The van der Waals surface area contributed by atoms with Gasteiger partial charge in [-0.05, 0) is 38.5 Å². The van der Waals surface area contributed by atoms with Crippen LogP contribution in [0.2, 0.25) is 0 Å². The average molecular weight is 224 g/mol. The first-order chi connectivity index (χ1) is 7.72. The molecule has 0 aliphatic heterocycles. The maximum Gasteiger partial charge on any atom is 0.330 e. The molecule has 92 valence electrons. The van der Waals surface area contributed by atoms with E-state index in [1.54, 1.807) is 6.08 Å². The van der Waals surface area contributed by atoms with Crippen molar-refractivity contribution in [3.05, 3.63) is 11.6 Å². The van der Waals surface area contributed by atoms with Gasteiger partial charge in [-0.1, -0.05) is 31.8 Å². The molecule has 0 aromatic rings. The monoisotopic (exact) mass is 224 g/mol. The molecular weight excluding hydrogens is 200 g/mol. The molecule has 2 nitrogen and oxygen atoms in total. The highest BCUT2D eigenvalue weighted by atomic mass is 16.5. The minimum Gasteiger partial charge on any atom is -0.462 e. The van der Waals surface area contributed by atoms with E-state index in [4.69, 9.17) is 4.74 Å². The Kier molecular flexibility index (Phi) is 6.20. The lowest BCUT2D eigenvalue weighted by molar-refractivity contribution is -0.138. The molecule has 0 N–H and O–H groups in total. The van der Waals surface area contributed by atoms with Crippen LogP contribution in [0.25, 0.3) is 0 Å². The summed E-state index contributed by atoms with van der Waals surface area (Å²) >= 11 is 0. The van der Waals surface area contributed by atoms with Gasteiger partial charge in [0, 0.05) is 6.08 Å². The van der Waals surface area contributed by atoms with Crippen LogP contribution in [0.1, 0.15) is 58.8 Å². The fraction of sp³-hybridized carbons (Fsp3) is 0.786. The Morgan fingerprint density at radius 3 is 2.69 bits per heavy atom. The number of rotatable bonds is 8. The number of carbonyl (C=O) groups is 1. The minimum absolute atomic E-state index is 0.153. The zero-order chi connectivity index (χ0) is 11.8. The fourth-order valence-corrected chi connectivity index (χ4v) is 1.63. The van der Waals surface area contributed by atoms with Crippen molar-refractivity contribution in [3.8, 4) is 0 Å². The van der Waals surface area contributed by atoms with Crippen LogP contribution in [0, 0.1) is 5.92 Å². The molecule has 0 saturated heterocycles. The molecule has 1 aliphatic carbocycles. The Morgan fingerprint density at radius 1 is 1.31 bits per heavy atom. The van der Waals surface area contributed by atoms with E-state index in [9.17, 15) is 4.79 Å². The second kappa shape index (κ2) is 7.48. The summed E-state index contributed by atoms with van der Waals surface area (Å²) < 4.78 is 5.15. The lowest BCUT2D eigenvalue weighted by Crippen LogP contribution is -2.04. The molecule has 0 aromatic carbocycles. The van der Waals surface area contributed by atoms with Gasteiger partial charge >= 0.3 is 5.97 Å². The number of hydrogen-bond acceptors (Lipinski definition) is 2. The Bertz CT molecular complexity index is 239. The van der Waals surface area contributed by atoms with E-state index in [0.29, 0.717) is 12.5 Å². The Balaban J connectivity index is 2.07. The maximum absolute atomic E-state index is 11.4. The van der Waals surface area contributed by atoms with Crippen molar-refractivity contribution >= 4 is 5.97 Å². The quantitative estimate of drug-likeness (QED) is 0.355. The van der Waals surface area contributed by atoms with Crippen LogP contribution in [0.4, 0.5) is 0 Å². The number of hydrogen-bond donors (Lipinski definition) is 0. The molecule has 0 amide bonds. The number of ether oxygens (including phenoxy) is 1. The van der Waals surface area contributed by atoms with Gasteiger partial charge in [0.2, 0.25) is 0 Å². The highest BCUT2D eigenvalue weighted by molar-refractivity contribution is 5.82. The number of unbranched alkanes of at least 4 members (excludes halogenated alkanes) is 3. The highest BCUT2D eigenvalue weighted by Gasteiger charge is 2.22. The summed E-state index contributed by atoms with van der Waals surface area (Å²) in [6, 6.07) is 0. The second-order valence-electron chi connectivity index (χ2n) is 4.87. The van der Waals surface area contributed by atoms with Crippen LogP contribution < -0.4 is 0 Å². The van der Waals surface area contributed by atoms with E-state index in [0.717, 1.165) is 12.0 Å². The molecule has 0 heterocycles. The molecular formula is C14H24O2. The molecule has 0 radical (unpaired) electrons. The van der Waals surface area contributed by atoms with Crippen molar-refractivity contribution in [2.24, 2.45) is 5.92 Å². The Labute approximate surface area is 99.1 Å². The molecule has 0 spiro atoms. The van der Waals surface area contributed by atoms with Gasteiger partial charge in [0.15, 0.2) is 0 Å². The first-order valence-electron chi connectivity index (χ1n) is 6.56. The van der Waals surface area contributed by atoms with Gasteiger partial charge in [0.05, 0.1) is 6.61 Å². The third-order valence-electron chi connectivity index (χ3n) is 2.95. The molecule has 0 atom stereocenters. The zero-order valence-electron chi connectivity index (χ0n) is 10.6. The average Bonchev–Trinajstić information content (AvgIpc) is 3.05. The number of esters is 1. The topological polar surface area (TPSA) is 26.3 Å². The standard InChI is InChI=1S/C14H24O2/c1-3-4-5-6-7-12(2)10-14(15)16-11-13-8-9-13/h10,13H,3-9,11H2,1-2H3/b12-10+. The van der Waals surface area contributed by atoms with Gasteiger partial charge in [0.25, 0.3) is 0 Å². The van der Waals surface area contributed by atoms with E-state index in [2.05, 4.69) is 6.92 Å². The molecule has 1 saturated carbocycles. The lowest BCUT2D eigenvalue weighted by atomic mass is 10.1. The Hall–Kier alpha value is -0.790. The summed E-state index contributed by atoms with van der Waals surface area (Å²) in [6.07, 6.45) is 10.1. The van der Waals surface area contributed by atoms with Gasteiger partial charge in [-0.3, -0.25) is 0 Å². The summed E-state index contributed by atoms with van der Waals surface area (Å²) in [7, 11) is 0. The van der Waals surface area contributed by atoms with Crippen LogP contribution in [0.3, 0.4) is 0 Å². The molecule has 1 rings (SSSR count). The van der Waals surface area contributed by atoms with Crippen molar-refractivity contribution in [1.29, 1.82) is 0 Å². The van der Waals surface area contributed by atoms with Crippen molar-refractivity contribution in [2.45, 2.75) is 58.8 Å². The first-order valence-corrected chi connectivity index (χ1v) is 6.56. The van der Waals surface area contributed by atoms with Crippen molar-refractivity contribution in [3.63, 3.8) is 0 Å². The predicted octanol–water partition coefficient (Wildman–Crippen LogP) is 3.86. The van der Waals surface area contributed by atoms with E-state index < -0.39 is 0 Å². The molecule has 0 aromatic heterocycles. The zero-order valence-corrected chi connectivity index (χ0v) is 10.6. The normalized spacial score (nSPS) is 16.2. The van der Waals surface area contributed by atoms with Gasteiger partial charge in [0.1, 0.15) is 0 Å². The van der Waals surface area contributed by atoms with Crippen LogP contribution in [0.15, 0.2) is 11.6 Å². The second-order valence-corrected chi connectivity index (χ2v) is 4.87. The lowest BCUT2D eigenvalue weighted by Gasteiger charge is -2.02. The van der Waals surface area contributed by atoms with E-state index in [-0.39, 0.29) is 5.97 Å². The molecule has 0 bridgehead atoms. The highest BCUT2D eigenvalue weighted by Crippen LogP contribution is 2.28. The molecule has 16 heavy (non-hydrogen) atoms. The van der Waals surface area contributed by atoms with E-state index >= 15 is 0 Å². The SMILES string of the molecule is CCCCCC/C(C)=C/C(=O)OCC1CC1. The van der Waals surface area contributed by atoms with Crippen molar-refractivity contribution in [1.82, 2.24) is 0 Å². The summed E-state index contributed by atoms with van der Waals surface area (Å²) in [5.41, 5.74) is 1.15. The Morgan fingerprint density at radius 2 is 2.06 bits per heavy atom.